The Balaban J connectivity index is 3.54. The molecule has 0 rings (SSSR count). The van der Waals surface area contributed by atoms with Crippen molar-refractivity contribution in [2.75, 3.05) is 6.61 Å². The van der Waals surface area contributed by atoms with Crippen molar-refractivity contribution in [1.29, 1.82) is 0 Å². The Morgan fingerprint density at radius 3 is 1.83 bits per heavy atom. The predicted molar refractivity (Wildman–Crippen MR) is 129 cm³/mol. The third-order valence-electron chi connectivity index (χ3n) is 5.78. The minimum Gasteiger partial charge on any atom is -0.394 e. The van der Waals surface area contributed by atoms with E-state index in [2.05, 4.69) is 31.3 Å². The molecule has 0 saturated carbocycles. The average Bonchev–Trinajstić information content (AvgIpc) is 2.74. The van der Waals surface area contributed by atoms with Gasteiger partial charge in [-0.1, -0.05) is 96.6 Å². The highest BCUT2D eigenvalue weighted by Crippen LogP contribution is 2.11. The highest BCUT2D eigenvalue weighted by atomic mass is 16.3. The van der Waals surface area contributed by atoms with Gasteiger partial charge in [-0.3, -0.25) is 4.79 Å². The summed E-state index contributed by atoms with van der Waals surface area (Å²) in [7, 11) is 0. The van der Waals surface area contributed by atoms with Gasteiger partial charge >= 0.3 is 0 Å². The van der Waals surface area contributed by atoms with Crippen LogP contribution >= 0.6 is 0 Å². The van der Waals surface area contributed by atoms with Crippen LogP contribution in [0.2, 0.25) is 0 Å². The van der Waals surface area contributed by atoms with Gasteiger partial charge in [0.25, 0.3) is 0 Å². The Morgan fingerprint density at radius 1 is 0.767 bits per heavy atom. The van der Waals surface area contributed by atoms with Crippen LogP contribution in [0.5, 0.6) is 0 Å². The van der Waals surface area contributed by atoms with E-state index in [1.807, 2.05) is 0 Å². The molecule has 178 valence electrons. The predicted octanol–water partition coefficient (Wildman–Crippen LogP) is 6.44. The van der Waals surface area contributed by atoms with Crippen molar-refractivity contribution in [2.45, 2.75) is 142 Å². The summed E-state index contributed by atoms with van der Waals surface area (Å²) in [5.74, 6) is -0.0544. The molecule has 3 N–H and O–H groups in total. The molecular formula is C26H51NO3. The largest absolute Gasteiger partial charge is 0.394 e. The van der Waals surface area contributed by atoms with Gasteiger partial charge < -0.3 is 15.5 Å². The number of allylic oxidation sites excluding steroid dienone is 2. The standard InChI is InChI=1S/C26H51NO3/c1-3-5-7-8-9-10-11-12-13-14-15-16-17-18-20-22-26(30)27-24(23-28)25(29)21-19-6-4-2/h12-13,24-25,28-29H,3-11,14-23H2,1-2H3,(H,27,30)/b13-12-. The number of nitrogens with one attached hydrogen (secondary N) is 1. The minimum absolute atomic E-state index is 0.0544. The second-order valence-electron chi connectivity index (χ2n) is 8.75. The normalized spacial score (nSPS) is 13.6. The Labute approximate surface area is 186 Å². The number of hydrogen-bond acceptors (Lipinski definition) is 3. The van der Waals surface area contributed by atoms with Crippen LogP contribution in [0.25, 0.3) is 0 Å². The van der Waals surface area contributed by atoms with E-state index in [1.54, 1.807) is 0 Å². The summed E-state index contributed by atoms with van der Waals surface area (Å²) in [6.45, 7) is 4.17. The van der Waals surface area contributed by atoms with Crippen LogP contribution in [0.1, 0.15) is 129 Å². The first kappa shape index (κ1) is 29.1. The van der Waals surface area contributed by atoms with Gasteiger partial charge in [-0.25, -0.2) is 0 Å². The molecule has 4 heteroatoms. The lowest BCUT2D eigenvalue weighted by molar-refractivity contribution is -0.123. The Bertz CT molecular complexity index is 398. The topological polar surface area (TPSA) is 69.6 Å². The quantitative estimate of drug-likeness (QED) is 0.138. The maximum atomic E-state index is 12.0. The molecule has 2 unspecified atom stereocenters. The van der Waals surface area contributed by atoms with E-state index >= 15 is 0 Å². The summed E-state index contributed by atoms with van der Waals surface area (Å²) < 4.78 is 0. The van der Waals surface area contributed by atoms with Crippen LogP contribution in [0.4, 0.5) is 0 Å². The lowest BCUT2D eigenvalue weighted by atomic mass is 10.0. The van der Waals surface area contributed by atoms with Gasteiger partial charge in [0, 0.05) is 6.42 Å². The fourth-order valence-electron chi connectivity index (χ4n) is 3.70. The first-order chi connectivity index (χ1) is 14.7. The smallest absolute Gasteiger partial charge is 0.220 e. The zero-order valence-electron chi connectivity index (χ0n) is 20.0. The zero-order valence-corrected chi connectivity index (χ0v) is 20.0. The van der Waals surface area contributed by atoms with E-state index in [-0.39, 0.29) is 12.5 Å². The summed E-state index contributed by atoms with van der Waals surface area (Å²) in [6.07, 6.45) is 24.4. The van der Waals surface area contributed by atoms with Crippen LogP contribution in [0, 0.1) is 0 Å². The summed E-state index contributed by atoms with van der Waals surface area (Å²) in [5, 5.41) is 22.3. The molecule has 1 amide bonds. The number of carbonyl (C=O) groups excluding carboxylic acids is 1. The van der Waals surface area contributed by atoms with Crippen molar-refractivity contribution in [1.82, 2.24) is 5.32 Å². The molecule has 2 atom stereocenters. The fourth-order valence-corrected chi connectivity index (χ4v) is 3.70. The number of unbranched alkanes of at least 4 members (excludes halogenated alkanes) is 13. The molecule has 0 fully saturated rings. The minimum atomic E-state index is -0.653. The molecule has 0 spiro atoms. The van der Waals surface area contributed by atoms with E-state index in [0.29, 0.717) is 12.8 Å². The van der Waals surface area contributed by atoms with Gasteiger partial charge in [-0.15, -0.1) is 0 Å². The maximum absolute atomic E-state index is 12.0. The van der Waals surface area contributed by atoms with E-state index in [9.17, 15) is 15.0 Å². The molecule has 0 bridgehead atoms. The van der Waals surface area contributed by atoms with Crippen molar-refractivity contribution >= 4 is 5.91 Å². The molecule has 0 aliphatic rings. The van der Waals surface area contributed by atoms with Gasteiger partial charge in [-0.05, 0) is 38.5 Å². The number of rotatable bonds is 22. The van der Waals surface area contributed by atoms with Crippen LogP contribution in [-0.2, 0) is 4.79 Å². The molecule has 0 aromatic heterocycles. The molecule has 0 aromatic carbocycles. The first-order valence-electron chi connectivity index (χ1n) is 12.9. The highest BCUT2D eigenvalue weighted by Gasteiger charge is 2.19. The van der Waals surface area contributed by atoms with Crippen molar-refractivity contribution in [3.8, 4) is 0 Å². The fraction of sp³-hybridized carbons (Fsp3) is 0.885. The van der Waals surface area contributed by atoms with Crippen molar-refractivity contribution < 1.29 is 15.0 Å². The van der Waals surface area contributed by atoms with Crippen LogP contribution < -0.4 is 5.32 Å². The van der Waals surface area contributed by atoms with Gasteiger partial charge in [0.05, 0.1) is 18.8 Å². The van der Waals surface area contributed by atoms with E-state index in [0.717, 1.165) is 32.1 Å². The summed E-state index contributed by atoms with van der Waals surface area (Å²) in [4.78, 5) is 12.0. The van der Waals surface area contributed by atoms with Gasteiger partial charge in [0.1, 0.15) is 0 Å². The molecule has 4 nitrogen and oxygen atoms in total. The number of carbonyl (C=O) groups is 1. The number of aliphatic hydroxyl groups is 2. The monoisotopic (exact) mass is 425 g/mol. The number of amides is 1. The molecule has 0 radical (unpaired) electrons. The lowest BCUT2D eigenvalue weighted by Gasteiger charge is -2.22. The molecule has 30 heavy (non-hydrogen) atoms. The van der Waals surface area contributed by atoms with Gasteiger partial charge in [0.15, 0.2) is 0 Å². The lowest BCUT2D eigenvalue weighted by Crippen LogP contribution is -2.45. The zero-order chi connectivity index (χ0) is 22.3. The molecule has 0 heterocycles. The average molecular weight is 426 g/mol. The maximum Gasteiger partial charge on any atom is 0.220 e. The van der Waals surface area contributed by atoms with E-state index in [1.165, 1.54) is 70.6 Å². The number of aliphatic hydroxyl groups excluding tert-OH is 2. The first-order valence-corrected chi connectivity index (χ1v) is 12.9. The second-order valence-corrected chi connectivity index (χ2v) is 8.75. The summed E-state index contributed by atoms with van der Waals surface area (Å²) in [5.41, 5.74) is 0. The second kappa shape index (κ2) is 22.8. The molecule has 0 aliphatic carbocycles. The van der Waals surface area contributed by atoms with Gasteiger partial charge in [0.2, 0.25) is 5.91 Å². The third kappa shape index (κ3) is 19.1. The number of hydrogen-bond donors (Lipinski definition) is 3. The summed E-state index contributed by atoms with van der Waals surface area (Å²) >= 11 is 0. The Kier molecular flexibility index (Phi) is 22.1. The van der Waals surface area contributed by atoms with Gasteiger partial charge in [-0.2, -0.15) is 0 Å². The molecule has 0 aromatic rings. The molecular weight excluding hydrogens is 374 g/mol. The van der Waals surface area contributed by atoms with E-state index in [4.69, 9.17) is 0 Å². The Hall–Kier alpha value is -0.870. The summed E-state index contributed by atoms with van der Waals surface area (Å²) in [6, 6.07) is -0.530. The third-order valence-corrected chi connectivity index (χ3v) is 5.78. The Morgan fingerprint density at radius 2 is 1.27 bits per heavy atom. The van der Waals surface area contributed by atoms with E-state index < -0.39 is 12.1 Å². The van der Waals surface area contributed by atoms with Crippen LogP contribution in [-0.4, -0.2) is 34.9 Å². The highest BCUT2D eigenvalue weighted by molar-refractivity contribution is 5.76. The van der Waals surface area contributed by atoms with Crippen LogP contribution in [0.3, 0.4) is 0 Å². The van der Waals surface area contributed by atoms with Crippen molar-refractivity contribution in [2.24, 2.45) is 0 Å². The van der Waals surface area contributed by atoms with Crippen molar-refractivity contribution in [3.05, 3.63) is 12.2 Å². The molecule has 0 saturated heterocycles. The van der Waals surface area contributed by atoms with Crippen LogP contribution in [0.15, 0.2) is 12.2 Å². The van der Waals surface area contributed by atoms with Crippen molar-refractivity contribution in [3.63, 3.8) is 0 Å². The SMILES string of the molecule is CCCCCCCC/C=C\CCCCCCCC(=O)NC(CO)C(O)CCCCC. The molecule has 0 aliphatic heterocycles.